The third-order valence-electron chi connectivity index (χ3n) is 6.53. The Balaban J connectivity index is 1.73. The molecule has 0 aliphatic rings. The molecule has 0 radical (unpaired) electrons. The lowest BCUT2D eigenvalue weighted by Crippen LogP contribution is -2.43. The lowest BCUT2D eigenvalue weighted by Gasteiger charge is -2.27. The molecule has 196 valence electrons. The van der Waals surface area contributed by atoms with Crippen LogP contribution in [-0.2, 0) is 29.2 Å². The number of amides is 1. The molecule has 1 unspecified atom stereocenters. The summed E-state index contributed by atoms with van der Waals surface area (Å²) in [7, 11) is 3.48. The fourth-order valence-electron chi connectivity index (χ4n) is 4.40. The SMILES string of the molecule is C=Cc1cccc(OCc2cn([C@@H](CC)Cc3ccccc3)nn2)c1CN(C)C(CCC=O)C(=O)NC. The van der Waals surface area contributed by atoms with Gasteiger partial charge >= 0.3 is 0 Å². The molecule has 8 nitrogen and oxygen atoms in total. The summed E-state index contributed by atoms with van der Waals surface area (Å²) in [6, 6.07) is 15.9. The molecule has 0 aliphatic heterocycles. The predicted molar refractivity (Wildman–Crippen MR) is 145 cm³/mol. The summed E-state index contributed by atoms with van der Waals surface area (Å²) in [5, 5.41) is 11.4. The fraction of sp³-hybridized carbons (Fsp3) is 0.379. The van der Waals surface area contributed by atoms with E-state index in [4.69, 9.17) is 4.74 Å². The molecule has 8 heteroatoms. The molecule has 0 bridgehead atoms. The zero-order valence-electron chi connectivity index (χ0n) is 22.0. The van der Waals surface area contributed by atoms with E-state index < -0.39 is 6.04 Å². The molecule has 0 fully saturated rings. The Morgan fingerprint density at radius 3 is 2.68 bits per heavy atom. The van der Waals surface area contributed by atoms with Crippen molar-refractivity contribution < 1.29 is 14.3 Å². The third-order valence-corrected chi connectivity index (χ3v) is 6.53. The minimum absolute atomic E-state index is 0.125. The number of benzene rings is 2. The van der Waals surface area contributed by atoms with E-state index in [9.17, 15) is 9.59 Å². The summed E-state index contributed by atoms with van der Waals surface area (Å²) in [6.07, 6.45) is 7.14. The fourth-order valence-corrected chi connectivity index (χ4v) is 4.40. The maximum atomic E-state index is 12.5. The van der Waals surface area contributed by atoms with Crippen LogP contribution < -0.4 is 10.1 Å². The summed E-state index contributed by atoms with van der Waals surface area (Å²) in [5.74, 6) is 0.571. The number of rotatable bonds is 15. The van der Waals surface area contributed by atoms with Crippen molar-refractivity contribution in [3.05, 3.63) is 83.7 Å². The highest BCUT2D eigenvalue weighted by atomic mass is 16.5. The van der Waals surface area contributed by atoms with Crippen molar-refractivity contribution in [2.75, 3.05) is 14.1 Å². The van der Waals surface area contributed by atoms with Gasteiger partial charge in [-0.2, -0.15) is 0 Å². The number of hydrogen-bond donors (Lipinski definition) is 1. The van der Waals surface area contributed by atoms with Gasteiger partial charge < -0.3 is 14.8 Å². The van der Waals surface area contributed by atoms with Crippen LogP contribution >= 0.6 is 0 Å². The Kier molecular flexibility index (Phi) is 10.6. The Bertz CT molecular complexity index is 1160. The van der Waals surface area contributed by atoms with E-state index in [1.807, 2.05) is 59.2 Å². The molecule has 0 saturated carbocycles. The van der Waals surface area contributed by atoms with E-state index in [0.29, 0.717) is 25.1 Å². The first kappa shape index (κ1) is 27.8. The number of nitrogens with zero attached hydrogens (tertiary/aromatic N) is 4. The summed E-state index contributed by atoms with van der Waals surface area (Å²) < 4.78 is 8.13. The molecular formula is C29H37N5O3. The van der Waals surface area contributed by atoms with Gasteiger partial charge in [-0.3, -0.25) is 9.69 Å². The molecule has 1 N–H and O–H groups in total. The summed E-state index contributed by atoms with van der Waals surface area (Å²) in [5.41, 5.74) is 3.85. The third kappa shape index (κ3) is 7.60. The van der Waals surface area contributed by atoms with E-state index >= 15 is 0 Å². The topological polar surface area (TPSA) is 89.3 Å². The average Bonchev–Trinajstić information content (AvgIpc) is 3.40. The maximum absolute atomic E-state index is 12.5. The molecule has 2 aromatic carbocycles. The van der Waals surface area contributed by atoms with Crippen molar-refractivity contribution in [1.29, 1.82) is 0 Å². The van der Waals surface area contributed by atoms with Crippen LogP contribution in [0.5, 0.6) is 5.75 Å². The number of carbonyl (C=O) groups is 2. The molecule has 37 heavy (non-hydrogen) atoms. The van der Waals surface area contributed by atoms with Crippen LogP contribution in [0.2, 0.25) is 0 Å². The first-order valence-electron chi connectivity index (χ1n) is 12.7. The standard InChI is InChI=1S/C29H37N5O3/c1-5-23-14-10-16-28(26(23)20-33(4)27(15-11-17-35)29(36)30-3)37-21-24-19-34(32-31-24)25(6-2)18-22-12-8-7-9-13-22/h5,7-10,12-14,16-17,19,25,27H,1,6,11,15,18,20-21H2,2-4H3,(H,30,36)/t25-,27?/m0/s1. The number of likely N-dealkylation sites (N-methyl/N-ethyl adjacent to an activating group) is 2. The molecule has 1 heterocycles. The molecule has 3 aromatic rings. The largest absolute Gasteiger partial charge is 0.487 e. The maximum Gasteiger partial charge on any atom is 0.237 e. The zero-order valence-corrected chi connectivity index (χ0v) is 22.0. The highest BCUT2D eigenvalue weighted by Gasteiger charge is 2.24. The van der Waals surface area contributed by atoms with Crippen molar-refractivity contribution in [2.24, 2.45) is 0 Å². The first-order valence-corrected chi connectivity index (χ1v) is 12.7. The van der Waals surface area contributed by atoms with Crippen LogP contribution in [-0.4, -0.2) is 52.2 Å². The average molecular weight is 504 g/mol. The van der Waals surface area contributed by atoms with E-state index in [1.54, 1.807) is 13.1 Å². The van der Waals surface area contributed by atoms with Gasteiger partial charge in [0.2, 0.25) is 5.91 Å². The normalized spacial score (nSPS) is 12.6. The lowest BCUT2D eigenvalue weighted by molar-refractivity contribution is -0.126. The molecular weight excluding hydrogens is 466 g/mol. The first-order chi connectivity index (χ1) is 18.0. The minimum Gasteiger partial charge on any atom is -0.487 e. The minimum atomic E-state index is -0.434. The van der Waals surface area contributed by atoms with Crippen LogP contribution in [0, 0.1) is 0 Å². The van der Waals surface area contributed by atoms with Gasteiger partial charge in [0.25, 0.3) is 0 Å². The highest BCUT2D eigenvalue weighted by Crippen LogP contribution is 2.27. The van der Waals surface area contributed by atoms with Gasteiger partial charge in [0.1, 0.15) is 24.3 Å². The van der Waals surface area contributed by atoms with Crippen molar-refractivity contribution in [2.45, 2.75) is 57.8 Å². The predicted octanol–water partition coefficient (Wildman–Crippen LogP) is 4.22. The van der Waals surface area contributed by atoms with Crippen LogP contribution in [0.3, 0.4) is 0 Å². The number of hydrogen-bond acceptors (Lipinski definition) is 6. The van der Waals surface area contributed by atoms with Gasteiger partial charge in [-0.15, -0.1) is 5.10 Å². The number of ether oxygens (including phenoxy) is 1. The monoisotopic (exact) mass is 503 g/mol. The molecule has 0 aliphatic carbocycles. The summed E-state index contributed by atoms with van der Waals surface area (Å²) >= 11 is 0. The smallest absolute Gasteiger partial charge is 0.237 e. The second-order valence-corrected chi connectivity index (χ2v) is 9.05. The van der Waals surface area contributed by atoms with E-state index in [-0.39, 0.29) is 18.6 Å². The number of nitrogens with one attached hydrogen (secondary N) is 1. The summed E-state index contributed by atoms with van der Waals surface area (Å²) in [4.78, 5) is 25.3. The second-order valence-electron chi connectivity index (χ2n) is 9.05. The van der Waals surface area contributed by atoms with Gasteiger partial charge in [0, 0.05) is 25.6 Å². The van der Waals surface area contributed by atoms with Gasteiger partial charge in [0.05, 0.1) is 18.3 Å². The quantitative estimate of drug-likeness (QED) is 0.313. The Morgan fingerprint density at radius 2 is 2.00 bits per heavy atom. The molecule has 2 atom stereocenters. The van der Waals surface area contributed by atoms with Crippen molar-refractivity contribution in [3.8, 4) is 5.75 Å². The van der Waals surface area contributed by atoms with Gasteiger partial charge in [-0.25, -0.2) is 4.68 Å². The van der Waals surface area contributed by atoms with Crippen LogP contribution in [0.25, 0.3) is 6.08 Å². The Labute approximate surface area is 219 Å². The lowest BCUT2D eigenvalue weighted by atomic mass is 10.0. The van der Waals surface area contributed by atoms with Crippen LogP contribution in [0.4, 0.5) is 0 Å². The Hall–Kier alpha value is -3.78. The molecule has 3 rings (SSSR count). The van der Waals surface area contributed by atoms with Gasteiger partial charge in [-0.1, -0.05) is 67.3 Å². The second kappa shape index (κ2) is 14.1. The van der Waals surface area contributed by atoms with Crippen LogP contribution in [0.1, 0.15) is 54.6 Å². The van der Waals surface area contributed by atoms with E-state index in [2.05, 4.69) is 41.3 Å². The van der Waals surface area contributed by atoms with Gasteiger partial charge in [0.15, 0.2) is 0 Å². The number of aldehydes is 1. The van der Waals surface area contributed by atoms with E-state index in [1.165, 1.54) is 5.56 Å². The number of carbonyl (C=O) groups excluding carboxylic acids is 2. The van der Waals surface area contributed by atoms with Crippen LogP contribution in [0.15, 0.2) is 61.3 Å². The van der Waals surface area contributed by atoms with Crippen molar-refractivity contribution >= 4 is 18.3 Å². The highest BCUT2D eigenvalue weighted by molar-refractivity contribution is 5.81. The van der Waals surface area contributed by atoms with Crippen molar-refractivity contribution in [1.82, 2.24) is 25.2 Å². The molecule has 0 spiro atoms. The Morgan fingerprint density at radius 1 is 1.22 bits per heavy atom. The zero-order chi connectivity index (χ0) is 26.6. The molecule has 0 saturated heterocycles. The molecule has 1 amide bonds. The number of aromatic nitrogens is 3. The summed E-state index contributed by atoms with van der Waals surface area (Å²) in [6.45, 7) is 6.82. The van der Waals surface area contributed by atoms with Crippen molar-refractivity contribution in [3.63, 3.8) is 0 Å². The molecule has 1 aromatic heterocycles. The van der Waals surface area contributed by atoms with Gasteiger partial charge in [-0.05, 0) is 43.5 Å². The van der Waals surface area contributed by atoms with E-state index in [0.717, 1.165) is 35.9 Å².